The minimum absolute atomic E-state index is 0.667. The first-order valence-corrected chi connectivity index (χ1v) is 12.0. The van der Waals surface area contributed by atoms with Crippen LogP contribution >= 0.6 is 8.58 Å². The molecule has 0 radical (unpaired) electrons. The predicted molar refractivity (Wildman–Crippen MR) is 57.8 cm³/mol. The number of hydrogen-bond donors (Lipinski definition) is 0. The van der Waals surface area contributed by atoms with Gasteiger partial charge in [0.1, 0.15) is 0 Å². The van der Waals surface area contributed by atoms with E-state index in [9.17, 15) is 0 Å². The predicted octanol–water partition coefficient (Wildman–Crippen LogP) is 4.03. The van der Waals surface area contributed by atoms with Crippen molar-refractivity contribution in [2.24, 2.45) is 5.92 Å². The van der Waals surface area contributed by atoms with Crippen LogP contribution < -0.4 is 0 Å². The van der Waals surface area contributed by atoms with Crippen LogP contribution in [0.3, 0.4) is 0 Å². The zero-order valence-electron chi connectivity index (χ0n) is 8.04. The van der Waals surface area contributed by atoms with E-state index in [1.54, 1.807) is 11.1 Å². The van der Waals surface area contributed by atoms with Crippen LogP contribution in [0.25, 0.3) is 0 Å². The van der Waals surface area contributed by atoms with Crippen LogP contribution in [0.15, 0.2) is 47.6 Å². The Morgan fingerprint density at radius 2 is 1.71 bits per heavy atom. The third kappa shape index (κ3) is 2.38. The maximum atomic E-state index is 6.05. The summed E-state index contributed by atoms with van der Waals surface area (Å²) in [4.78, 5) is 0. The molecule has 0 saturated heterocycles. The van der Waals surface area contributed by atoms with Gasteiger partial charge >= 0.3 is 101 Å². The molecule has 0 spiro atoms. The normalized spacial score (nSPS) is 19.0. The van der Waals surface area contributed by atoms with E-state index in [0.29, 0.717) is 5.92 Å². The second kappa shape index (κ2) is 5.27. The van der Waals surface area contributed by atoms with Gasteiger partial charge in [0.2, 0.25) is 0 Å². The van der Waals surface area contributed by atoms with Crippen molar-refractivity contribution in [2.75, 3.05) is 0 Å². The molecule has 72 valence electrons. The Balaban J connectivity index is 2.07. The first-order chi connectivity index (χ1) is 6.92. The topological polar surface area (TPSA) is 0 Å². The van der Waals surface area contributed by atoms with Crippen molar-refractivity contribution < 1.29 is 21.7 Å². The van der Waals surface area contributed by atoms with E-state index in [1.807, 2.05) is 0 Å². The first-order valence-electron chi connectivity index (χ1n) is 4.96. The van der Waals surface area contributed by atoms with Crippen molar-refractivity contribution in [3.63, 3.8) is 0 Å². The average molecular weight is 371 g/mol. The molecule has 2 heteroatoms. The van der Waals surface area contributed by atoms with Crippen LogP contribution in [0.4, 0.5) is 0 Å². The van der Waals surface area contributed by atoms with Gasteiger partial charge in [0.25, 0.3) is 0 Å². The van der Waals surface area contributed by atoms with Crippen LogP contribution in [0.2, 0.25) is 4.18 Å². The van der Waals surface area contributed by atoms with Crippen LogP contribution in [0, 0.1) is 5.92 Å². The SMILES string of the molecule is [Cl][Hf][CH2]C(C1=CC=CC1)C1=CC=CC1. The maximum absolute atomic E-state index is 6.05. The second-order valence-corrected chi connectivity index (χ2v) is 8.25. The Hall–Kier alpha value is 0.120. The van der Waals surface area contributed by atoms with E-state index in [-0.39, 0.29) is 0 Å². The van der Waals surface area contributed by atoms with Gasteiger partial charge in [0.15, 0.2) is 0 Å². The molecule has 0 nitrogen and oxygen atoms in total. The Bertz CT molecular complexity index is 293. The molecule has 0 N–H and O–H groups in total. The van der Waals surface area contributed by atoms with E-state index in [0.717, 1.165) is 12.8 Å². The van der Waals surface area contributed by atoms with Gasteiger partial charge in [0, 0.05) is 0 Å². The molecule has 0 atom stereocenters. The van der Waals surface area contributed by atoms with Gasteiger partial charge in [-0.15, -0.1) is 0 Å². The number of allylic oxidation sites excluding steroid dienone is 8. The van der Waals surface area contributed by atoms with Crippen molar-refractivity contribution >= 4 is 8.58 Å². The molecule has 0 aliphatic heterocycles. The zero-order valence-corrected chi connectivity index (χ0v) is 12.4. The fourth-order valence-corrected chi connectivity index (χ4v) is 5.72. The molecule has 2 aliphatic rings. The summed E-state index contributed by atoms with van der Waals surface area (Å²) >= 11 is -0.812. The summed E-state index contributed by atoms with van der Waals surface area (Å²) in [5, 5.41) is 0. The summed E-state index contributed by atoms with van der Waals surface area (Å²) < 4.78 is 1.27. The molecule has 0 aromatic carbocycles. The van der Waals surface area contributed by atoms with E-state index < -0.39 is 21.7 Å². The Labute approximate surface area is 100 Å². The Kier molecular flexibility index (Phi) is 4.00. The van der Waals surface area contributed by atoms with E-state index in [2.05, 4.69) is 36.5 Å². The fraction of sp³-hybridized carbons (Fsp3) is 0.333. The molecule has 2 aliphatic carbocycles. The van der Waals surface area contributed by atoms with Crippen LogP contribution in [0.1, 0.15) is 12.8 Å². The summed E-state index contributed by atoms with van der Waals surface area (Å²) in [6, 6.07) is 0. The van der Waals surface area contributed by atoms with Crippen LogP contribution in [-0.2, 0) is 21.7 Å². The van der Waals surface area contributed by atoms with E-state index >= 15 is 0 Å². The standard InChI is InChI=1S/C12H13.ClH.Hf/c1-10(11-6-2-3-7-11)12-8-4-5-9-12;;/h2-6,8,10H,1,7,9H2;1H;/q;;+1/p-1. The molecular formula is C12H13ClHf. The van der Waals surface area contributed by atoms with Crippen molar-refractivity contribution in [1.29, 1.82) is 0 Å². The summed E-state index contributed by atoms with van der Waals surface area (Å²) in [6.45, 7) is 0. The molecule has 0 aromatic heterocycles. The third-order valence-corrected chi connectivity index (χ3v) is 6.06. The van der Waals surface area contributed by atoms with Gasteiger partial charge in [-0.1, -0.05) is 0 Å². The number of rotatable bonds is 4. The fourth-order valence-electron chi connectivity index (χ4n) is 2.02. The van der Waals surface area contributed by atoms with E-state index in [1.165, 1.54) is 4.18 Å². The van der Waals surface area contributed by atoms with Gasteiger partial charge in [-0.05, 0) is 0 Å². The number of halogens is 1. The van der Waals surface area contributed by atoms with Gasteiger partial charge < -0.3 is 0 Å². The Morgan fingerprint density at radius 1 is 1.14 bits per heavy atom. The molecule has 0 unspecified atom stereocenters. The molecule has 2 rings (SSSR count). The quantitative estimate of drug-likeness (QED) is 0.655. The minimum atomic E-state index is -0.812. The molecule has 0 aromatic rings. The second-order valence-electron chi connectivity index (χ2n) is 3.64. The Morgan fingerprint density at radius 3 is 2.07 bits per heavy atom. The van der Waals surface area contributed by atoms with Gasteiger partial charge in [-0.2, -0.15) is 0 Å². The molecule has 0 amide bonds. The average Bonchev–Trinajstić information content (AvgIpc) is 2.87. The van der Waals surface area contributed by atoms with Gasteiger partial charge in [-0.25, -0.2) is 0 Å². The van der Waals surface area contributed by atoms with Gasteiger partial charge in [-0.3, -0.25) is 0 Å². The summed E-state index contributed by atoms with van der Waals surface area (Å²) in [6.07, 6.45) is 15.7. The molecule has 0 saturated carbocycles. The van der Waals surface area contributed by atoms with Crippen LogP contribution in [-0.4, -0.2) is 0 Å². The summed E-state index contributed by atoms with van der Waals surface area (Å²) in [7, 11) is 6.05. The molecule has 14 heavy (non-hydrogen) atoms. The van der Waals surface area contributed by atoms with E-state index in [4.69, 9.17) is 8.58 Å². The van der Waals surface area contributed by atoms with Crippen molar-refractivity contribution in [3.8, 4) is 0 Å². The molecule has 0 fully saturated rings. The molecule has 0 heterocycles. The molecular weight excluding hydrogens is 358 g/mol. The monoisotopic (exact) mass is 372 g/mol. The zero-order chi connectivity index (χ0) is 9.80. The van der Waals surface area contributed by atoms with Gasteiger partial charge in [0.05, 0.1) is 0 Å². The molecule has 0 bridgehead atoms. The number of hydrogen-bond acceptors (Lipinski definition) is 0. The first kappa shape index (κ1) is 10.6. The summed E-state index contributed by atoms with van der Waals surface area (Å²) in [5.74, 6) is 0.667. The summed E-state index contributed by atoms with van der Waals surface area (Å²) in [5.41, 5.74) is 3.15. The van der Waals surface area contributed by atoms with Crippen LogP contribution in [0.5, 0.6) is 0 Å². The van der Waals surface area contributed by atoms with Crippen molar-refractivity contribution in [3.05, 3.63) is 47.6 Å². The third-order valence-electron chi connectivity index (χ3n) is 2.78. The van der Waals surface area contributed by atoms with Crippen molar-refractivity contribution in [2.45, 2.75) is 17.0 Å². The van der Waals surface area contributed by atoms with Crippen molar-refractivity contribution in [1.82, 2.24) is 0 Å².